The molecule has 0 radical (unpaired) electrons. The third-order valence-electron chi connectivity index (χ3n) is 6.73. The van der Waals surface area contributed by atoms with Gasteiger partial charge >= 0.3 is 0 Å². The summed E-state index contributed by atoms with van der Waals surface area (Å²) in [5.74, 6) is 0.525. The molecule has 6 nitrogen and oxygen atoms in total. The number of amides is 2. The van der Waals surface area contributed by atoms with Crippen molar-refractivity contribution in [2.24, 2.45) is 5.92 Å². The predicted molar refractivity (Wildman–Crippen MR) is 139 cm³/mol. The number of carbonyl (C=O) groups excluding carboxylic acids is 2. The van der Waals surface area contributed by atoms with Gasteiger partial charge in [0.1, 0.15) is 5.75 Å². The molecule has 2 aliphatic rings. The molecule has 1 aliphatic carbocycles. The first kappa shape index (κ1) is 23.5. The number of phenols is 1. The molecule has 0 spiro atoms. The van der Waals surface area contributed by atoms with Crippen molar-refractivity contribution in [3.8, 4) is 17.0 Å². The van der Waals surface area contributed by atoms with Gasteiger partial charge in [-0.05, 0) is 82.3 Å². The van der Waals surface area contributed by atoms with Crippen LogP contribution >= 0.6 is 11.3 Å². The first-order chi connectivity index (χ1) is 16.6. The van der Waals surface area contributed by atoms with E-state index in [-0.39, 0.29) is 23.5 Å². The average Bonchev–Trinajstić information content (AvgIpc) is 3.46. The van der Waals surface area contributed by atoms with Crippen LogP contribution in [-0.2, 0) is 17.8 Å². The summed E-state index contributed by atoms with van der Waals surface area (Å²) >= 11 is 1.41. The van der Waals surface area contributed by atoms with E-state index in [0.29, 0.717) is 11.6 Å². The number of hydrogen-bond acceptors (Lipinski definition) is 5. The Morgan fingerprint density at radius 1 is 1.17 bits per heavy atom. The third-order valence-corrected chi connectivity index (χ3v) is 7.69. The number of carbonyl (C=O) groups is 2. The van der Waals surface area contributed by atoms with Crippen LogP contribution in [-0.4, -0.2) is 38.9 Å². The molecule has 182 valence electrons. The highest BCUT2D eigenvalue weighted by atomic mass is 32.1. The summed E-state index contributed by atoms with van der Waals surface area (Å²) in [6.45, 7) is 9.13. The van der Waals surface area contributed by atoms with Crippen LogP contribution in [0.15, 0.2) is 42.5 Å². The molecule has 35 heavy (non-hydrogen) atoms. The van der Waals surface area contributed by atoms with E-state index < -0.39 is 5.54 Å². The molecule has 1 aromatic heterocycles. The topological polar surface area (TPSA) is 73.7 Å². The number of rotatable bonds is 5. The molecule has 2 aromatic carbocycles. The van der Waals surface area contributed by atoms with Gasteiger partial charge in [0.15, 0.2) is 5.01 Å². The first-order valence-electron chi connectivity index (χ1n) is 12.1. The fourth-order valence-corrected chi connectivity index (χ4v) is 5.54. The van der Waals surface area contributed by atoms with E-state index in [1.54, 1.807) is 23.1 Å². The molecule has 1 aliphatic heterocycles. The average molecular weight is 490 g/mol. The third kappa shape index (κ3) is 4.69. The van der Waals surface area contributed by atoms with Crippen LogP contribution in [0.4, 0.5) is 5.69 Å². The van der Waals surface area contributed by atoms with Crippen LogP contribution in [0.2, 0.25) is 0 Å². The lowest BCUT2D eigenvalue weighted by Gasteiger charge is -2.35. The van der Waals surface area contributed by atoms with Gasteiger partial charge in [0.2, 0.25) is 5.91 Å². The number of benzene rings is 2. The maximum atomic E-state index is 13.6. The maximum Gasteiger partial charge on any atom is 0.283 e. The minimum Gasteiger partial charge on any atom is -0.508 e. The molecule has 2 heterocycles. The van der Waals surface area contributed by atoms with E-state index in [1.165, 1.54) is 11.3 Å². The molecule has 2 amide bonds. The highest BCUT2D eigenvalue weighted by Gasteiger charge is 2.36. The van der Waals surface area contributed by atoms with Crippen LogP contribution in [0.5, 0.6) is 5.75 Å². The highest BCUT2D eigenvalue weighted by Crippen LogP contribution is 2.39. The van der Waals surface area contributed by atoms with Crippen molar-refractivity contribution in [1.82, 2.24) is 9.88 Å². The largest absolute Gasteiger partial charge is 0.508 e. The van der Waals surface area contributed by atoms with Crippen LogP contribution in [0.3, 0.4) is 0 Å². The molecule has 5 rings (SSSR count). The summed E-state index contributed by atoms with van der Waals surface area (Å²) in [5, 5.41) is 10.3. The Morgan fingerprint density at radius 2 is 1.94 bits per heavy atom. The van der Waals surface area contributed by atoms with Gasteiger partial charge in [0.25, 0.3) is 5.91 Å². The van der Waals surface area contributed by atoms with E-state index in [4.69, 9.17) is 4.98 Å². The Bertz CT molecular complexity index is 1300. The zero-order chi connectivity index (χ0) is 24.9. The number of fused-ring (bicyclic) bond motifs is 1. The molecule has 1 saturated carbocycles. The second-order valence-corrected chi connectivity index (χ2v) is 11.7. The number of phenolic OH excluding ortho intramolecular Hbond substituents is 1. The van der Waals surface area contributed by atoms with Crippen molar-refractivity contribution >= 4 is 28.8 Å². The van der Waals surface area contributed by atoms with Crippen molar-refractivity contribution in [1.29, 1.82) is 0 Å². The van der Waals surface area contributed by atoms with Gasteiger partial charge < -0.3 is 14.9 Å². The molecule has 0 unspecified atom stereocenters. The van der Waals surface area contributed by atoms with Crippen molar-refractivity contribution < 1.29 is 14.7 Å². The van der Waals surface area contributed by atoms with E-state index in [9.17, 15) is 14.7 Å². The molecule has 1 N–H and O–H groups in total. The Kier molecular flexibility index (Phi) is 5.91. The summed E-state index contributed by atoms with van der Waals surface area (Å²) in [4.78, 5) is 35.7. The maximum absolute atomic E-state index is 13.6. The standard InChI is InChI=1S/C28H31N3O3S/c1-17-24(21-10-11-23-20(15-21)12-13-30(23)26(33)19-8-9-19)29-25(35-17)27(34)31(28(2,3)4)16-18-6-5-7-22(32)14-18/h5-7,10-11,14-15,19,32H,8-9,12-13,16H2,1-4H3. The van der Waals surface area contributed by atoms with Gasteiger partial charge in [-0.15, -0.1) is 11.3 Å². The van der Waals surface area contributed by atoms with Crippen molar-refractivity contribution in [2.45, 2.75) is 59.0 Å². The quantitative estimate of drug-likeness (QED) is 0.509. The van der Waals surface area contributed by atoms with Gasteiger partial charge in [-0.3, -0.25) is 9.59 Å². The second kappa shape index (κ2) is 8.79. The summed E-state index contributed by atoms with van der Waals surface area (Å²) in [5.41, 5.74) is 4.42. The number of aromatic nitrogens is 1. The number of nitrogens with zero attached hydrogens (tertiary/aromatic N) is 3. The summed E-state index contributed by atoms with van der Waals surface area (Å²) in [6, 6.07) is 13.2. The Labute approximate surface area is 210 Å². The normalized spacial score (nSPS) is 15.3. The first-order valence-corrected chi connectivity index (χ1v) is 13.0. The molecule has 1 fully saturated rings. The van der Waals surface area contributed by atoms with E-state index >= 15 is 0 Å². The lowest BCUT2D eigenvalue weighted by atomic mass is 10.0. The van der Waals surface area contributed by atoms with E-state index in [2.05, 4.69) is 6.07 Å². The van der Waals surface area contributed by atoms with Crippen molar-refractivity contribution in [3.05, 3.63) is 63.5 Å². The fourth-order valence-electron chi connectivity index (χ4n) is 4.65. The van der Waals surface area contributed by atoms with Gasteiger partial charge in [0, 0.05) is 40.7 Å². The summed E-state index contributed by atoms with van der Waals surface area (Å²) in [6.07, 6.45) is 2.86. The van der Waals surface area contributed by atoms with Crippen LogP contribution in [0, 0.1) is 12.8 Å². The fraction of sp³-hybridized carbons (Fsp3) is 0.393. The van der Waals surface area contributed by atoms with Crippen molar-refractivity contribution in [2.75, 3.05) is 11.4 Å². The number of thiazole rings is 1. The number of aryl methyl sites for hydroxylation is 1. The van der Waals surface area contributed by atoms with Crippen molar-refractivity contribution in [3.63, 3.8) is 0 Å². The monoisotopic (exact) mass is 489 g/mol. The van der Waals surface area contributed by atoms with Gasteiger partial charge in [0.05, 0.1) is 5.69 Å². The molecule has 0 bridgehead atoms. The molecular weight excluding hydrogens is 458 g/mol. The molecule has 0 saturated heterocycles. The number of aromatic hydroxyl groups is 1. The SMILES string of the molecule is Cc1sc(C(=O)N(Cc2cccc(O)c2)C(C)(C)C)nc1-c1ccc2c(c1)CCN2C(=O)C1CC1. The van der Waals surface area contributed by atoms with E-state index in [0.717, 1.165) is 58.8 Å². The van der Waals surface area contributed by atoms with Crippen LogP contribution in [0.25, 0.3) is 11.3 Å². The zero-order valence-electron chi connectivity index (χ0n) is 20.7. The highest BCUT2D eigenvalue weighted by molar-refractivity contribution is 7.14. The van der Waals surface area contributed by atoms with Gasteiger partial charge in [-0.25, -0.2) is 4.98 Å². The van der Waals surface area contributed by atoms with Crippen LogP contribution < -0.4 is 4.90 Å². The number of hydrogen-bond donors (Lipinski definition) is 1. The molecular formula is C28H31N3O3S. The molecule has 0 atom stereocenters. The molecule has 7 heteroatoms. The van der Waals surface area contributed by atoms with E-state index in [1.807, 2.05) is 50.8 Å². The smallest absolute Gasteiger partial charge is 0.283 e. The zero-order valence-corrected chi connectivity index (χ0v) is 21.5. The van der Waals surface area contributed by atoms with Gasteiger partial charge in [-0.2, -0.15) is 0 Å². The Hall–Kier alpha value is -3.19. The lowest BCUT2D eigenvalue weighted by molar-refractivity contribution is -0.119. The summed E-state index contributed by atoms with van der Waals surface area (Å²) in [7, 11) is 0. The Balaban J connectivity index is 1.41. The Morgan fingerprint density at radius 3 is 2.63 bits per heavy atom. The number of anilines is 1. The molecule has 3 aromatic rings. The second-order valence-electron chi connectivity index (χ2n) is 10.5. The van der Waals surface area contributed by atoms with Crippen LogP contribution in [0.1, 0.15) is 59.4 Å². The predicted octanol–water partition coefficient (Wildman–Crippen LogP) is 5.56. The minimum absolute atomic E-state index is 0.123. The summed E-state index contributed by atoms with van der Waals surface area (Å²) < 4.78 is 0. The van der Waals surface area contributed by atoms with Gasteiger partial charge in [-0.1, -0.05) is 18.2 Å². The minimum atomic E-state index is -0.423. The lowest BCUT2D eigenvalue weighted by Crippen LogP contribution is -2.45.